The fraction of sp³-hybridized carbons (Fsp3) is 0. The molecule has 0 bridgehead atoms. The van der Waals surface area contributed by atoms with Gasteiger partial charge < -0.3 is 4.98 Å². The van der Waals surface area contributed by atoms with Gasteiger partial charge in [-0.1, -0.05) is 23.2 Å². The minimum atomic E-state index is 0.547. The van der Waals surface area contributed by atoms with Gasteiger partial charge in [-0.05, 0) is 30.3 Å². The number of aliphatic imine (C=N–C) groups is 1. The molecular formula is C11H8Cl2N2. The Kier molecular flexibility index (Phi) is 3.09. The van der Waals surface area contributed by atoms with E-state index in [1.807, 2.05) is 18.3 Å². The minimum absolute atomic E-state index is 0.547. The second-order valence-corrected chi connectivity index (χ2v) is 3.82. The molecule has 1 aromatic carbocycles. The molecule has 0 atom stereocenters. The van der Waals surface area contributed by atoms with E-state index in [9.17, 15) is 0 Å². The third-order valence-electron chi connectivity index (χ3n) is 1.87. The van der Waals surface area contributed by atoms with Crippen molar-refractivity contribution in [3.8, 4) is 0 Å². The molecule has 0 amide bonds. The first kappa shape index (κ1) is 10.3. The smallest absolute Gasteiger partial charge is 0.0817 e. The molecule has 0 unspecified atom stereocenters. The van der Waals surface area contributed by atoms with Crippen LogP contribution in [0.1, 0.15) is 5.69 Å². The molecule has 0 saturated heterocycles. The van der Waals surface area contributed by atoms with E-state index < -0.39 is 0 Å². The number of nitrogens with zero attached hydrogens (tertiary/aromatic N) is 1. The van der Waals surface area contributed by atoms with Crippen molar-refractivity contribution < 1.29 is 0 Å². The number of halogens is 2. The van der Waals surface area contributed by atoms with Gasteiger partial charge in [-0.3, -0.25) is 4.99 Å². The first-order valence-corrected chi connectivity index (χ1v) is 5.14. The lowest BCUT2D eigenvalue weighted by molar-refractivity contribution is 1.38. The summed E-state index contributed by atoms with van der Waals surface area (Å²) in [6, 6.07) is 9.04. The van der Waals surface area contributed by atoms with E-state index in [1.165, 1.54) is 0 Å². The summed E-state index contributed by atoms with van der Waals surface area (Å²) >= 11 is 11.7. The zero-order valence-electron chi connectivity index (χ0n) is 7.74. The lowest BCUT2D eigenvalue weighted by Crippen LogP contribution is -1.78. The number of rotatable bonds is 2. The molecule has 2 aromatic rings. The van der Waals surface area contributed by atoms with Gasteiger partial charge >= 0.3 is 0 Å². The third-order valence-corrected chi connectivity index (χ3v) is 2.41. The molecular weight excluding hydrogens is 231 g/mol. The van der Waals surface area contributed by atoms with Gasteiger partial charge in [-0.15, -0.1) is 0 Å². The Balaban J connectivity index is 2.24. The summed E-state index contributed by atoms with van der Waals surface area (Å²) in [5.41, 5.74) is 1.64. The van der Waals surface area contributed by atoms with Crippen molar-refractivity contribution in [3.63, 3.8) is 0 Å². The summed E-state index contributed by atoms with van der Waals surface area (Å²) in [5, 5.41) is 1.16. The van der Waals surface area contributed by atoms with Crippen LogP contribution in [0.3, 0.4) is 0 Å². The number of nitrogens with one attached hydrogen (secondary N) is 1. The van der Waals surface area contributed by atoms with E-state index in [1.54, 1.807) is 24.4 Å². The standard InChI is InChI=1S/C11H8Cl2N2/c12-8-3-4-11(10(13)6-8)15-7-9-2-1-5-14-9/h1-7,14H. The monoisotopic (exact) mass is 238 g/mol. The van der Waals surface area contributed by atoms with Gasteiger partial charge in [-0.2, -0.15) is 0 Å². The van der Waals surface area contributed by atoms with Crippen LogP contribution in [0, 0.1) is 0 Å². The summed E-state index contributed by atoms with van der Waals surface area (Å²) in [7, 11) is 0. The fourth-order valence-corrected chi connectivity index (χ4v) is 1.61. The van der Waals surface area contributed by atoms with Crippen LogP contribution in [0.15, 0.2) is 41.5 Å². The summed E-state index contributed by atoms with van der Waals surface area (Å²) in [6.45, 7) is 0. The first-order chi connectivity index (χ1) is 7.25. The Morgan fingerprint density at radius 2 is 2.07 bits per heavy atom. The van der Waals surface area contributed by atoms with Crippen molar-refractivity contribution >= 4 is 35.1 Å². The molecule has 76 valence electrons. The van der Waals surface area contributed by atoms with Gasteiger partial charge in [0.1, 0.15) is 0 Å². The normalized spacial score (nSPS) is 11.1. The van der Waals surface area contributed by atoms with Crippen LogP contribution in [0.4, 0.5) is 5.69 Å². The van der Waals surface area contributed by atoms with Crippen molar-refractivity contribution in [2.24, 2.45) is 4.99 Å². The number of hydrogen-bond acceptors (Lipinski definition) is 1. The third kappa shape index (κ3) is 2.61. The quantitative estimate of drug-likeness (QED) is 0.765. The predicted octanol–water partition coefficient (Wildman–Crippen LogP) is 4.07. The van der Waals surface area contributed by atoms with Gasteiger partial charge in [0.2, 0.25) is 0 Å². The molecule has 15 heavy (non-hydrogen) atoms. The Labute approximate surface area is 97.6 Å². The van der Waals surface area contributed by atoms with E-state index in [-0.39, 0.29) is 0 Å². The van der Waals surface area contributed by atoms with Crippen LogP contribution >= 0.6 is 23.2 Å². The summed E-state index contributed by atoms with van der Waals surface area (Å²) in [5.74, 6) is 0. The van der Waals surface area contributed by atoms with Crippen LogP contribution in [-0.4, -0.2) is 11.2 Å². The molecule has 1 heterocycles. The van der Waals surface area contributed by atoms with Gasteiger partial charge in [0.05, 0.1) is 22.6 Å². The largest absolute Gasteiger partial charge is 0.360 e. The maximum absolute atomic E-state index is 5.96. The molecule has 2 rings (SSSR count). The molecule has 0 spiro atoms. The fourth-order valence-electron chi connectivity index (χ4n) is 1.15. The van der Waals surface area contributed by atoms with Crippen LogP contribution in [-0.2, 0) is 0 Å². The molecule has 0 aliphatic heterocycles. The molecule has 4 heteroatoms. The van der Waals surface area contributed by atoms with E-state index in [4.69, 9.17) is 23.2 Å². The van der Waals surface area contributed by atoms with E-state index in [0.717, 1.165) is 5.69 Å². The molecule has 1 aromatic heterocycles. The topological polar surface area (TPSA) is 28.1 Å². The van der Waals surface area contributed by atoms with Crippen LogP contribution in [0.25, 0.3) is 0 Å². The highest BCUT2D eigenvalue weighted by Gasteiger charge is 1.98. The number of H-pyrrole nitrogens is 1. The van der Waals surface area contributed by atoms with Crippen molar-refractivity contribution in [1.29, 1.82) is 0 Å². The van der Waals surface area contributed by atoms with Gasteiger partial charge in [0, 0.05) is 11.2 Å². The Bertz CT molecular complexity index is 475. The highest BCUT2D eigenvalue weighted by Crippen LogP contribution is 2.27. The van der Waals surface area contributed by atoms with Crippen molar-refractivity contribution in [2.75, 3.05) is 0 Å². The van der Waals surface area contributed by atoms with Gasteiger partial charge in [0.15, 0.2) is 0 Å². The highest BCUT2D eigenvalue weighted by atomic mass is 35.5. The molecule has 0 saturated carbocycles. The van der Waals surface area contributed by atoms with Gasteiger partial charge in [0.25, 0.3) is 0 Å². The number of benzene rings is 1. The number of hydrogen-bond donors (Lipinski definition) is 1. The van der Waals surface area contributed by atoms with E-state index in [0.29, 0.717) is 15.7 Å². The molecule has 0 aliphatic rings. The molecule has 0 radical (unpaired) electrons. The van der Waals surface area contributed by atoms with Crippen LogP contribution in [0.5, 0.6) is 0 Å². The lowest BCUT2D eigenvalue weighted by atomic mass is 10.3. The maximum atomic E-state index is 5.96. The van der Waals surface area contributed by atoms with Crippen molar-refractivity contribution in [2.45, 2.75) is 0 Å². The van der Waals surface area contributed by atoms with E-state index >= 15 is 0 Å². The SMILES string of the molecule is Clc1ccc(N=Cc2ccc[nH]2)c(Cl)c1. The molecule has 0 fully saturated rings. The van der Waals surface area contributed by atoms with Crippen LogP contribution in [0.2, 0.25) is 10.0 Å². The Morgan fingerprint density at radius 1 is 1.20 bits per heavy atom. The number of aromatic amines is 1. The first-order valence-electron chi connectivity index (χ1n) is 4.38. The van der Waals surface area contributed by atoms with Crippen molar-refractivity contribution in [3.05, 3.63) is 52.3 Å². The molecule has 1 N–H and O–H groups in total. The summed E-state index contributed by atoms with van der Waals surface area (Å²) in [6.07, 6.45) is 3.56. The molecule has 2 nitrogen and oxygen atoms in total. The van der Waals surface area contributed by atoms with E-state index in [2.05, 4.69) is 9.98 Å². The van der Waals surface area contributed by atoms with Crippen LogP contribution < -0.4 is 0 Å². The number of aromatic nitrogens is 1. The molecule has 0 aliphatic carbocycles. The average Bonchev–Trinajstić information content (AvgIpc) is 2.69. The maximum Gasteiger partial charge on any atom is 0.0817 e. The highest BCUT2D eigenvalue weighted by molar-refractivity contribution is 6.36. The summed E-state index contributed by atoms with van der Waals surface area (Å²) in [4.78, 5) is 7.26. The minimum Gasteiger partial charge on any atom is -0.360 e. The zero-order chi connectivity index (χ0) is 10.7. The Morgan fingerprint density at radius 3 is 2.73 bits per heavy atom. The average molecular weight is 239 g/mol. The lowest BCUT2D eigenvalue weighted by Gasteiger charge is -1.97. The Hall–Kier alpha value is -1.25. The van der Waals surface area contributed by atoms with Gasteiger partial charge in [-0.25, -0.2) is 0 Å². The predicted molar refractivity (Wildman–Crippen MR) is 64.5 cm³/mol. The van der Waals surface area contributed by atoms with Crippen molar-refractivity contribution in [1.82, 2.24) is 4.98 Å². The second kappa shape index (κ2) is 4.51. The second-order valence-electron chi connectivity index (χ2n) is 2.98. The summed E-state index contributed by atoms with van der Waals surface area (Å²) < 4.78 is 0. The zero-order valence-corrected chi connectivity index (χ0v) is 9.26.